The zero-order valence-corrected chi connectivity index (χ0v) is 6.94. The molecule has 2 unspecified atom stereocenters. The molecular formula is C9H17F. The monoisotopic (exact) mass is 144 g/mol. The van der Waals surface area contributed by atoms with Crippen LogP contribution in [0.5, 0.6) is 0 Å². The summed E-state index contributed by atoms with van der Waals surface area (Å²) in [6.45, 7) is 3.69. The second kappa shape index (κ2) is 3.36. The molecule has 0 aromatic carbocycles. The van der Waals surface area contributed by atoms with E-state index in [-0.39, 0.29) is 5.92 Å². The summed E-state index contributed by atoms with van der Waals surface area (Å²) in [5.74, 6) is 1.14. The zero-order chi connectivity index (χ0) is 7.56. The topological polar surface area (TPSA) is 0 Å². The average molecular weight is 144 g/mol. The van der Waals surface area contributed by atoms with E-state index in [4.69, 9.17) is 0 Å². The molecule has 1 aliphatic rings. The summed E-state index contributed by atoms with van der Waals surface area (Å²) in [5, 5.41) is 0. The molecule has 0 saturated heterocycles. The highest BCUT2D eigenvalue weighted by Gasteiger charge is 2.22. The van der Waals surface area contributed by atoms with E-state index in [2.05, 4.69) is 0 Å². The Morgan fingerprint density at radius 3 is 2.30 bits per heavy atom. The summed E-state index contributed by atoms with van der Waals surface area (Å²) in [4.78, 5) is 0. The fourth-order valence-electron chi connectivity index (χ4n) is 1.44. The first-order chi connectivity index (χ1) is 4.70. The van der Waals surface area contributed by atoms with E-state index in [0.717, 1.165) is 12.3 Å². The molecule has 0 aromatic heterocycles. The van der Waals surface area contributed by atoms with Crippen molar-refractivity contribution in [2.75, 3.05) is 0 Å². The molecule has 1 aliphatic carbocycles. The first kappa shape index (κ1) is 8.03. The Bertz CT molecular complexity index is 94.9. The molecule has 0 spiro atoms. The number of rotatable bonds is 3. The second-order valence-electron chi connectivity index (χ2n) is 3.69. The van der Waals surface area contributed by atoms with Crippen LogP contribution in [0.3, 0.4) is 0 Å². The van der Waals surface area contributed by atoms with E-state index in [1.165, 1.54) is 19.3 Å². The predicted molar refractivity (Wildman–Crippen MR) is 41.7 cm³/mol. The van der Waals surface area contributed by atoms with Crippen LogP contribution in [0.4, 0.5) is 4.39 Å². The molecule has 60 valence electrons. The Morgan fingerprint density at radius 1 is 1.40 bits per heavy atom. The molecule has 0 aromatic rings. The van der Waals surface area contributed by atoms with E-state index in [1.54, 1.807) is 6.92 Å². The third-order valence-corrected chi connectivity index (χ3v) is 2.71. The van der Waals surface area contributed by atoms with Crippen LogP contribution in [0.15, 0.2) is 0 Å². The maximum atomic E-state index is 12.6. The van der Waals surface area contributed by atoms with Crippen LogP contribution in [0.2, 0.25) is 0 Å². The van der Waals surface area contributed by atoms with E-state index in [0.29, 0.717) is 0 Å². The summed E-state index contributed by atoms with van der Waals surface area (Å²) >= 11 is 0. The molecule has 0 nitrogen and oxygen atoms in total. The van der Waals surface area contributed by atoms with Crippen LogP contribution in [0, 0.1) is 11.8 Å². The SMILES string of the molecule is CC(F)C(C)CC1CCC1. The summed E-state index contributed by atoms with van der Waals surface area (Å²) in [6.07, 6.45) is 4.56. The highest BCUT2D eigenvalue weighted by molar-refractivity contribution is 4.73. The molecule has 0 aliphatic heterocycles. The summed E-state index contributed by atoms with van der Waals surface area (Å²) in [6, 6.07) is 0. The lowest BCUT2D eigenvalue weighted by atomic mass is 9.78. The number of halogens is 1. The molecule has 0 amide bonds. The van der Waals surface area contributed by atoms with Gasteiger partial charge in [-0.2, -0.15) is 0 Å². The van der Waals surface area contributed by atoms with Gasteiger partial charge < -0.3 is 0 Å². The van der Waals surface area contributed by atoms with E-state index in [1.807, 2.05) is 6.92 Å². The molecular weight excluding hydrogens is 127 g/mol. The standard InChI is InChI=1S/C9H17F/c1-7(8(2)10)6-9-4-3-5-9/h7-9H,3-6H2,1-2H3. The van der Waals surface area contributed by atoms with Gasteiger partial charge in [-0.05, 0) is 25.2 Å². The molecule has 1 fully saturated rings. The lowest BCUT2D eigenvalue weighted by Crippen LogP contribution is -2.18. The van der Waals surface area contributed by atoms with Crippen LogP contribution in [-0.2, 0) is 0 Å². The smallest absolute Gasteiger partial charge is 0.0999 e. The van der Waals surface area contributed by atoms with Gasteiger partial charge in [0, 0.05) is 0 Å². The first-order valence-corrected chi connectivity index (χ1v) is 4.34. The Labute approximate surface area is 62.8 Å². The lowest BCUT2D eigenvalue weighted by Gasteiger charge is -2.28. The van der Waals surface area contributed by atoms with Crippen molar-refractivity contribution in [3.63, 3.8) is 0 Å². The average Bonchev–Trinajstić information content (AvgIpc) is 1.77. The Hall–Kier alpha value is -0.0700. The van der Waals surface area contributed by atoms with E-state index in [9.17, 15) is 4.39 Å². The highest BCUT2D eigenvalue weighted by atomic mass is 19.1. The van der Waals surface area contributed by atoms with Crippen molar-refractivity contribution in [1.82, 2.24) is 0 Å². The molecule has 0 bridgehead atoms. The van der Waals surface area contributed by atoms with Crippen molar-refractivity contribution in [2.45, 2.75) is 45.7 Å². The third-order valence-electron chi connectivity index (χ3n) is 2.71. The van der Waals surface area contributed by atoms with E-state index < -0.39 is 6.17 Å². The van der Waals surface area contributed by atoms with Gasteiger partial charge in [-0.1, -0.05) is 26.2 Å². The molecule has 0 radical (unpaired) electrons. The summed E-state index contributed by atoms with van der Waals surface area (Å²) < 4.78 is 12.6. The first-order valence-electron chi connectivity index (χ1n) is 4.34. The largest absolute Gasteiger partial charge is 0.248 e. The van der Waals surface area contributed by atoms with Gasteiger partial charge in [-0.25, -0.2) is 4.39 Å². The third kappa shape index (κ3) is 1.96. The molecule has 1 heteroatoms. The van der Waals surface area contributed by atoms with Gasteiger partial charge in [0.2, 0.25) is 0 Å². The minimum atomic E-state index is -0.611. The fourth-order valence-corrected chi connectivity index (χ4v) is 1.44. The van der Waals surface area contributed by atoms with Crippen molar-refractivity contribution < 1.29 is 4.39 Å². The van der Waals surface area contributed by atoms with Crippen LogP contribution < -0.4 is 0 Å². The molecule has 2 atom stereocenters. The van der Waals surface area contributed by atoms with Gasteiger partial charge >= 0.3 is 0 Å². The Morgan fingerprint density at radius 2 is 2.00 bits per heavy atom. The summed E-state index contributed by atoms with van der Waals surface area (Å²) in [7, 11) is 0. The maximum absolute atomic E-state index is 12.6. The zero-order valence-electron chi connectivity index (χ0n) is 6.94. The molecule has 0 N–H and O–H groups in total. The van der Waals surface area contributed by atoms with E-state index >= 15 is 0 Å². The van der Waals surface area contributed by atoms with Crippen LogP contribution >= 0.6 is 0 Å². The molecule has 10 heavy (non-hydrogen) atoms. The lowest BCUT2D eigenvalue weighted by molar-refractivity contribution is 0.185. The van der Waals surface area contributed by atoms with Crippen LogP contribution in [0.1, 0.15) is 39.5 Å². The van der Waals surface area contributed by atoms with Gasteiger partial charge in [0.25, 0.3) is 0 Å². The Balaban J connectivity index is 2.10. The van der Waals surface area contributed by atoms with Crippen molar-refractivity contribution >= 4 is 0 Å². The molecule has 1 rings (SSSR count). The second-order valence-corrected chi connectivity index (χ2v) is 3.69. The normalized spacial score (nSPS) is 25.5. The minimum absolute atomic E-state index is 0.283. The van der Waals surface area contributed by atoms with Gasteiger partial charge in [-0.15, -0.1) is 0 Å². The summed E-state index contributed by atoms with van der Waals surface area (Å²) in [5.41, 5.74) is 0. The predicted octanol–water partition coefficient (Wildman–Crippen LogP) is 3.17. The van der Waals surface area contributed by atoms with Crippen LogP contribution in [-0.4, -0.2) is 6.17 Å². The number of hydrogen-bond acceptors (Lipinski definition) is 0. The van der Waals surface area contributed by atoms with Gasteiger partial charge in [-0.3, -0.25) is 0 Å². The minimum Gasteiger partial charge on any atom is -0.248 e. The van der Waals surface area contributed by atoms with Crippen molar-refractivity contribution in [3.8, 4) is 0 Å². The maximum Gasteiger partial charge on any atom is 0.0999 e. The number of hydrogen-bond donors (Lipinski definition) is 0. The van der Waals surface area contributed by atoms with Crippen molar-refractivity contribution in [1.29, 1.82) is 0 Å². The quantitative estimate of drug-likeness (QED) is 0.570. The molecule has 0 heterocycles. The van der Waals surface area contributed by atoms with Crippen LogP contribution in [0.25, 0.3) is 0 Å². The fraction of sp³-hybridized carbons (Fsp3) is 1.00. The number of alkyl halides is 1. The highest BCUT2D eigenvalue weighted by Crippen LogP contribution is 2.33. The Kier molecular flexibility index (Phi) is 2.70. The van der Waals surface area contributed by atoms with Gasteiger partial charge in [0.1, 0.15) is 0 Å². The van der Waals surface area contributed by atoms with Crippen molar-refractivity contribution in [3.05, 3.63) is 0 Å². The molecule has 1 saturated carbocycles. The van der Waals surface area contributed by atoms with Gasteiger partial charge in [0.05, 0.1) is 6.17 Å². The van der Waals surface area contributed by atoms with Gasteiger partial charge in [0.15, 0.2) is 0 Å². The van der Waals surface area contributed by atoms with Crippen molar-refractivity contribution in [2.24, 2.45) is 11.8 Å².